The third-order valence-corrected chi connectivity index (χ3v) is 4.30. The van der Waals surface area contributed by atoms with E-state index >= 15 is 0 Å². The lowest BCUT2D eigenvalue weighted by atomic mass is 9.94. The van der Waals surface area contributed by atoms with E-state index in [1.54, 1.807) is 0 Å². The number of carbonyl (C=O) groups excluding carboxylic acids is 2. The van der Waals surface area contributed by atoms with Crippen LogP contribution in [0.5, 0.6) is 5.75 Å². The Morgan fingerprint density at radius 1 is 1.08 bits per heavy atom. The van der Waals surface area contributed by atoms with Crippen LogP contribution in [0.3, 0.4) is 0 Å². The number of amides is 2. The van der Waals surface area contributed by atoms with Crippen molar-refractivity contribution in [2.24, 2.45) is 0 Å². The summed E-state index contributed by atoms with van der Waals surface area (Å²) in [6.07, 6.45) is 1.78. The smallest absolute Gasteiger partial charge is 0.230 e. The highest BCUT2D eigenvalue weighted by atomic mass is 16.5. The first-order valence-electron chi connectivity index (χ1n) is 8.48. The minimum absolute atomic E-state index is 0.187. The predicted molar refractivity (Wildman–Crippen MR) is 95.4 cm³/mol. The molecule has 0 radical (unpaired) electrons. The van der Waals surface area contributed by atoms with Crippen LogP contribution in [-0.4, -0.2) is 25.5 Å². The van der Waals surface area contributed by atoms with E-state index in [0.29, 0.717) is 0 Å². The van der Waals surface area contributed by atoms with Crippen molar-refractivity contribution in [1.82, 2.24) is 10.6 Å². The van der Waals surface area contributed by atoms with Gasteiger partial charge in [0.25, 0.3) is 0 Å². The topological polar surface area (TPSA) is 67.4 Å². The first-order chi connectivity index (χ1) is 12.2. The number of nitrogens with one attached hydrogen (secondary N) is 2. The van der Waals surface area contributed by atoms with Crippen LogP contribution in [0.15, 0.2) is 48.5 Å². The van der Waals surface area contributed by atoms with Gasteiger partial charge in [0.1, 0.15) is 12.2 Å². The average molecular weight is 338 g/mol. The average Bonchev–Trinajstić information content (AvgIpc) is 2.66. The van der Waals surface area contributed by atoms with Crippen molar-refractivity contribution in [2.45, 2.75) is 25.3 Å². The minimum atomic E-state index is -0.304. The van der Waals surface area contributed by atoms with Crippen LogP contribution in [0.25, 0.3) is 0 Å². The molecule has 0 saturated carbocycles. The lowest BCUT2D eigenvalue weighted by Gasteiger charge is -2.23. The molecule has 0 fully saturated rings. The molecule has 0 aliphatic carbocycles. The third-order valence-electron chi connectivity index (χ3n) is 4.30. The number of fused-ring (bicyclic) bond motifs is 1. The summed E-state index contributed by atoms with van der Waals surface area (Å²) in [4.78, 5) is 23.7. The highest BCUT2D eigenvalue weighted by molar-refractivity contribution is 5.97. The third kappa shape index (κ3) is 4.18. The molecule has 2 aromatic rings. The van der Waals surface area contributed by atoms with E-state index in [2.05, 4.69) is 16.7 Å². The molecule has 0 saturated heterocycles. The van der Waals surface area contributed by atoms with Crippen LogP contribution >= 0.6 is 0 Å². The van der Waals surface area contributed by atoms with Gasteiger partial charge in [-0.05, 0) is 41.7 Å². The zero-order chi connectivity index (χ0) is 17.6. The molecule has 0 aromatic heterocycles. The molecule has 1 heterocycles. The second-order valence-electron chi connectivity index (χ2n) is 6.08. The number of hydrogen-bond acceptors (Lipinski definition) is 3. The number of rotatable bonds is 5. The highest BCUT2D eigenvalue weighted by Gasteiger charge is 2.20. The molecule has 5 heteroatoms. The Bertz CT molecular complexity index is 759. The largest absolute Gasteiger partial charge is 0.493 e. The van der Waals surface area contributed by atoms with Crippen molar-refractivity contribution in [3.05, 3.63) is 65.2 Å². The maximum atomic E-state index is 12.3. The zero-order valence-corrected chi connectivity index (χ0v) is 14.2. The van der Waals surface area contributed by atoms with Crippen molar-refractivity contribution in [3.8, 4) is 5.75 Å². The van der Waals surface area contributed by atoms with Gasteiger partial charge in [-0.1, -0.05) is 36.4 Å². The lowest BCUT2D eigenvalue weighted by molar-refractivity contribution is -0.129. The molecule has 0 bridgehead atoms. The molecule has 3 rings (SSSR count). The first kappa shape index (κ1) is 17.0. The molecule has 5 nitrogen and oxygen atoms in total. The van der Waals surface area contributed by atoms with Gasteiger partial charge >= 0.3 is 0 Å². The van der Waals surface area contributed by atoms with Crippen molar-refractivity contribution in [3.63, 3.8) is 0 Å². The maximum Gasteiger partial charge on any atom is 0.230 e. The van der Waals surface area contributed by atoms with Gasteiger partial charge in [0.05, 0.1) is 12.6 Å². The maximum absolute atomic E-state index is 12.3. The molecule has 1 aliphatic heterocycles. The van der Waals surface area contributed by atoms with Crippen molar-refractivity contribution in [1.29, 1.82) is 0 Å². The zero-order valence-electron chi connectivity index (χ0n) is 14.2. The molecule has 1 atom stereocenters. The first-order valence-corrected chi connectivity index (χ1v) is 8.48. The van der Waals surface area contributed by atoms with Gasteiger partial charge in [-0.15, -0.1) is 0 Å². The van der Waals surface area contributed by atoms with Crippen molar-refractivity contribution in [2.75, 3.05) is 13.7 Å². The van der Waals surface area contributed by atoms with Crippen LogP contribution in [0.1, 0.15) is 35.6 Å². The van der Waals surface area contributed by atoms with Gasteiger partial charge < -0.3 is 15.4 Å². The van der Waals surface area contributed by atoms with Crippen LogP contribution in [0.2, 0.25) is 0 Å². The van der Waals surface area contributed by atoms with Gasteiger partial charge in [-0.2, -0.15) is 0 Å². The second kappa shape index (κ2) is 7.83. The van der Waals surface area contributed by atoms with E-state index in [9.17, 15) is 9.59 Å². The van der Waals surface area contributed by atoms with E-state index in [-0.39, 0.29) is 24.3 Å². The van der Waals surface area contributed by atoms with E-state index < -0.39 is 0 Å². The fourth-order valence-electron chi connectivity index (χ4n) is 3.01. The Hall–Kier alpha value is -2.82. The Balaban J connectivity index is 1.89. The number of hydrogen-bond donors (Lipinski definition) is 2. The molecular weight excluding hydrogens is 316 g/mol. The molecule has 0 unspecified atom stereocenters. The molecule has 2 amide bonds. The lowest BCUT2D eigenvalue weighted by Crippen LogP contribution is -2.33. The Labute approximate surface area is 147 Å². The van der Waals surface area contributed by atoms with Crippen molar-refractivity contribution >= 4 is 11.8 Å². The molecule has 2 aromatic carbocycles. The molecule has 0 spiro atoms. The predicted octanol–water partition coefficient (Wildman–Crippen LogP) is 2.35. The number of ether oxygens (including phenoxy) is 1. The summed E-state index contributed by atoms with van der Waals surface area (Å²) in [5.74, 6) is 0.309. The Kier molecular flexibility index (Phi) is 5.33. The Morgan fingerprint density at radius 3 is 2.64 bits per heavy atom. The van der Waals surface area contributed by atoms with Gasteiger partial charge in [0, 0.05) is 7.05 Å². The SMILES string of the molecule is CNC(=O)CC(=O)N[C@H](c1ccccc1)c1ccc2c(c1)CCCO2. The summed E-state index contributed by atoms with van der Waals surface area (Å²) >= 11 is 0. The van der Waals surface area contributed by atoms with Gasteiger partial charge in [0.2, 0.25) is 11.8 Å². The number of aryl methyl sites for hydroxylation is 1. The molecule has 25 heavy (non-hydrogen) atoms. The quantitative estimate of drug-likeness (QED) is 0.823. The van der Waals surface area contributed by atoms with E-state index in [0.717, 1.165) is 41.9 Å². The molecule has 1 aliphatic rings. The fraction of sp³-hybridized carbons (Fsp3) is 0.300. The van der Waals surface area contributed by atoms with Crippen LogP contribution in [0.4, 0.5) is 0 Å². The summed E-state index contributed by atoms with van der Waals surface area (Å²) in [7, 11) is 1.52. The highest BCUT2D eigenvalue weighted by Crippen LogP contribution is 2.30. The Morgan fingerprint density at radius 2 is 1.88 bits per heavy atom. The second-order valence-corrected chi connectivity index (χ2v) is 6.08. The summed E-state index contributed by atoms with van der Waals surface area (Å²) in [5, 5.41) is 5.45. The van der Waals surface area contributed by atoms with E-state index in [1.807, 2.05) is 42.5 Å². The fourth-order valence-corrected chi connectivity index (χ4v) is 3.01. The summed E-state index contributed by atoms with van der Waals surface area (Å²) in [6, 6.07) is 15.5. The van der Waals surface area contributed by atoms with Gasteiger partial charge in [0.15, 0.2) is 0 Å². The number of carbonyl (C=O) groups is 2. The van der Waals surface area contributed by atoms with Gasteiger partial charge in [-0.3, -0.25) is 9.59 Å². The van der Waals surface area contributed by atoms with Crippen LogP contribution in [0, 0.1) is 0 Å². The molecule has 130 valence electrons. The number of benzene rings is 2. The van der Waals surface area contributed by atoms with Crippen LogP contribution in [-0.2, 0) is 16.0 Å². The summed E-state index contributed by atoms with van der Waals surface area (Å²) < 4.78 is 5.67. The van der Waals surface area contributed by atoms with Crippen LogP contribution < -0.4 is 15.4 Å². The van der Waals surface area contributed by atoms with E-state index in [1.165, 1.54) is 7.05 Å². The monoisotopic (exact) mass is 338 g/mol. The molecule has 2 N–H and O–H groups in total. The summed E-state index contributed by atoms with van der Waals surface area (Å²) in [5.41, 5.74) is 3.12. The molecular formula is C20H22N2O3. The minimum Gasteiger partial charge on any atom is -0.493 e. The van der Waals surface area contributed by atoms with Crippen molar-refractivity contribution < 1.29 is 14.3 Å². The normalized spacial score (nSPS) is 14.0. The standard InChI is InChI=1S/C20H22N2O3/c1-21-18(23)13-19(24)22-20(14-6-3-2-4-7-14)16-9-10-17-15(12-16)8-5-11-25-17/h2-4,6-7,9-10,12,20H,5,8,11,13H2,1H3,(H,21,23)(H,22,24)/t20-/m1/s1. The van der Waals surface area contributed by atoms with E-state index in [4.69, 9.17) is 4.74 Å². The van der Waals surface area contributed by atoms with Gasteiger partial charge in [-0.25, -0.2) is 0 Å². The summed E-state index contributed by atoms with van der Waals surface area (Å²) in [6.45, 7) is 0.747.